The monoisotopic (exact) mass is 600 g/mol. The van der Waals surface area contributed by atoms with Gasteiger partial charge in [0.05, 0.1) is 34.5 Å². The molecular weight excluding hydrogens is 575 g/mol. The fraction of sp³-hybridized carbons (Fsp3) is 0.462. The lowest BCUT2D eigenvalue weighted by atomic mass is 9.87. The van der Waals surface area contributed by atoms with Crippen molar-refractivity contribution in [1.29, 1.82) is 0 Å². The highest BCUT2D eigenvalue weighted by Gasteiger charge is 2.43. The van der Waals surface area contributed by atoms with Gasteiger partial charge in [-0.25, -0.2) is 9.59 Å². The summed E-state index contributed by atoms with van der Waals surface area (Å²) in [6.45, 7) is 3.67. The Balaban J connectivity index is 2.20. The molecule has 0 saturated carbocycles. The average molecular weight is 600 g/mol. The highest BCUT2D eigenvalue weighted by Crippen LogP contribution is 2.45. The van der Waals surface area contributed by atoms with Crippen LogP contribution in [0.3, 0.4) is 0 Å². The summed E-state index contributed by atoms with van der Waals surface area (Å²) in [5, 5.41) is 10.0. The van der Waals surface area contributed by atoms with Gasteiger partial charge >= 0.3 is 30.7 Å². The summed E-state index contributed by atoms with van der Waals surface area (Å²) in [6, 6.07) is 0.537. The van der Waals surface area contributed by atoms with Crippen LogP contribution in [0.4, 0.5) is 54.8 Å². The minimum atomic E-state index is -5.20. The summed E-state index contributed by atoms with van der Waals surface area (Å²) < 4.78 is 126. The molecule has 41 heavy (non-hydrogen) atoms. The van der Waals surface area contributed by atoms with Crippen LogP contribution < -0.4 is 4.90 Å². The second-order valence-corrected chi connectivity index (χ2v) is 9.71. The molecule has 1 aliphatic rings. The van der Waals surface area contributed by atoms with E-state index in [2.05, 4.69) is 0 Å². The lowest BCUT2D eigenvalue weighted by Crippen LogP contribution is -2.49. The normalized spacial score (nSPS) is 17.8. The van der Waals surface area contributed by atoms with Gasteiger partial charge in [-0.1, -0.05) is 6.92 Å². The first-order valence-electron chi connectivity index (χ1n) is 12.2. The summed E-state index contributed by atoms with van der Waals surface area (Å²) in [5.74, 6) is 0. The van der Waals surface area contributed by atoms with E-state index in [0.717, 1.165) is 11.0 Å². The Bertz CT molecular complexity index is 1260. The van der Waals surface area contributed by atoms with Crippen LogP contribution in [0.1, 0.15) is 67.5 Å². The number of anilines is 1. The maximum atomic E-state index is 13.6. The van der Waals surface area contributed by atoms with Gasteiger partial charge < -0.3 is 9.84 Å². The molecule has 2 aromatic rings. The van der Waals surface area contributed by atoms with Crippen LogP contribution in [0.2, 0.25) is 0 Å². The van der Waals surface area contributed by atoms with E-state index in [1.54, 1.807) is 6.92 Å². The molecule has 0 bridgehead atoms. The quantitative estimate of drug-likeness (QED) is 0.350. The number of nitrogens with zero attached hydrogens (tertiary/aromatic N) is 2. The topological polar surface area (TPSA) is 70.1 Å². The number of carbonyl (C=O) groups is 2. The van der Waals surface area contributed by atoms with E-state index >= 15 is 0 Å². The number of benzene rings is 2. The zero-order chi connectivity index (χ0) is 31.1. The highest BCUT2D eigenvalue weighted by molar-refractivity contribution is 5.90. The Morgan fingerprint density at radius 3 is 1.90 bits per heavy atom. The summed E-state index contributed by atoms with van der Waals surface area (Å²) in [5.41, 5.74) is -5.67. The van der Waals surface area contributed by atoms with Gasteiger partial charge in [0.25, 0.3) is 0 Å². The first-order valence-corrected chi connectivity index (χ1v) is 12.2. The lowest BCUT2D eigenvalue weighted by molar-refractivity contribution is -0.143. The number of hydrogen-bond donors (Lipinski definition) is 1. The van der Waals surface area contributed by atoms with Crippen LogP contribution in [0.5, 0.6) is 0 Å². The molecule has 0 fully saturated rings. The number of alkyl halides is 9. The standard InChI is InChI=1S/C26H25F9N2O4/c1-4-18-11-21(19-10-15(24(27,28)29)5-6-20(19)37(18)23(40)41-13(2)3)36(22(38)39)12-14-7-16(25(30,31)32)9-17(8-14)26(33,34)35/h5-10,13,18,21H,4,11-12H2,1-3H3,(H,38,39)/t18-,21+/m1/s1. The van der Waals surface area contributed by atoms with Crippen molar-refractivity contribution < 1.29 is 58.9 Å². The van der Waals surface area contributed by atoms with E-state index in [0.29, 0.717) is 29.2 Å². The summed E-state index contributed by atoms with van der Waals surface area (Å²) >= 11 is 0. The Labute approximate surface area is 228 Å². The van der Waals surface area contributed by atoms with Gasteiger partial charge in [0, 0.05) is 12.6 Å². The van der Waals surface area contributed by atoms with Crippen molar-refractivity contribution in [3.63, 3.8) is 0 Å². The molecule has 0 unspecified atom stereocenters. The summed E-state index contributed by atoms with van der Waals surface area (Å²) in [4.78, 5) is 26.8. The zero-order valence-corrected chi connectivity index (χ0v) is 21.8. The Morgan fingerprint density at radius 2 is 1.46 bits per heavy atom. The third-order valence-electron chi connectivity index (χ3n) is 6.46. The fourth-order valence-electron chi connectivity index (χ4n) is 4.67. The number of carbonyl (C=O) groups excluding carboxylic acids is 1. The number of halogens is 9. The molecule has 1 heterocycles. The van der Waals surface area contributed by atoms with E-state index < -0.39 is 77.7 Å². The van der Waals surface area contributed by atoms with E-state index in [1.165, 1.54) is 13.8 Å². The largest absolute Gasteiger partial charge is 0.465 e. The van der Waals surface area contributed by atoms with Crippen LogP contribution >= 0.6 is 0 Å². The molecule has 0 aliphatic carbocycles. The molecule has 226 valence electrons. The molecule has 1 aliphatic heterocycles. The summed E-state index contributed by atoms with van der Waals surface area (Å²) in [7, 11) is 0. The SMILES string of the molecule is CC[C@@H]1C[C@H](N(Cc2cc(C(F)(F)F)cc(C(F)(F)F)c2)C(=O)O)c2cc(C(F)(F)F)ccc2N1C(=O)OC(C)C. The van der Waals surface area contributed by atoms with Crippen molar-refractivity contribution >= 4 is 17.9 Å². The molecule has 6 nitrogen and oxygen atoms in total. The van der Waals surface area contributed by atoms with Crippen LogP contribution in [-0.2, 0) is 29.8 Å². The van der Waals surface area contributed by atoms with E-state index in [-0.39, 0.29) is 30.2 Å². The van der Waals surface area contributed by atoms with Gasteiger partial charge in [0.2, 0.25) is 0 Å². The van der Waals surface area contributed by atoms with Gasteiger partial charge in [-0.05, 0) is 74.2 Å². The predicted octanol–water partition coefficient (Wildman–Crippen LogP) is 8.50. The first kappa shape index (κ1) is 31.9. The maximum absolute atomic E-state index is 13.6. The van der Waals surface area contributed by atoms with E-state index in [1.807, 2.05) is 0 Å². The van der Waals surface area contributed by atoms with E-state index in [9.17, 15) is 54.2 Å². The van der Waals surface area contributed by atoms with Crippen LogP contribution in [-0.4, -0.2) is 34.3 Å². The highest BCUT2D eigenvalue weighted by atomic mass is 19.4. The van der Waals surface area contributed by atoms with Crippen molar-refractivity contribution in [1.82, 2.24) is 4.90 Å². The first-order chi connectivity index (χ1) is 18.7. The smallest absolute Gasteiger partial charge is 0.416 e. The Hall–Kier alpha value is -3.65. The van der Waals surface area contributed by atoms with Crippen molar-refractivity contribution in [2.45, 2.75) is 76.9 Å². The third-order valence-corrected chi connectivity index (χ3v) is 6.46. The zero-order valence-electron chi connectivity index (χ0n) is 21.8. The summed E-state index contributed by atoms with van der Waals surface area (Å²) in [6.07, 6.45) is -18.8. The molecule has 15 heteroatoms. The minimum absolute atomic E-state index is 0.120. The van der Waals surface area contributed by atoms with Crippen molar-refractivity contribution in [2.75, 3.05) is 4.90 Å². The number of ether oxygens (including phenoxy) is 1. The molecule has 0 spiro atoms. The second kappa shape index (κ2) is 11.3. The molecule has 3 rings (SSSR count). The fourth-order valence-corrected chi connectivity index (χ4v) is 4.67. The van der Waals surface area contributed by atoms with Gasteiger partial charge in [-0.15, -0.1) is 0 Å². The number of hydrogen-bond acceptors (Lipinski definition) is 3. The number of amides is 2. The van der Waals surface area contributed by atoms with E-state index in [4.69, 9.17) is 4.74 Å². The maximum Gasteiger partial charge on any atom is 0.416 e. The third kappa shape index (κ3) is 7.17. The molecular formula is C26H25F9N2O4. The van der Waals surface area contributed by atoms with Crippen molar-refractivity contribution in [3.05, 3.63) is 64.2 Å². The van der Waals surface area contributed by atoms with Gasteiger partial charge in [-0.3, -0.25) is 9.80 Å². The molecule has 0 saturated heterocycles. The molecule has 0 aromatic heterocycles. The number of rotatable bonds is 5. The lowest BCUT2D eigenvalue weighted by Gasteiger charge is -2.43. The predicted molar refractivity (Wildman–Crippen MR) is 127 cm³/mol. The molecule has 2 amide bonds. The minimum Gasteiger partial charge on any atom is -0.465 e. The molecule has 0 radical (unpaired) electrons. The molecule has 1 N–H and O–H groups in total. The van der Waals surface area contributed by atoms with Crippen LogP contribution in [0, 0.1) is 0 Å². The van der Waals surface area contributed by atoms with Crippen molar-refractivity contribution in [2.24, 2.45) is 0 Å². The Morgan fingerprint density at radius 1 is 0.927 bits per heavy atom. The number of fused-ring (bicyclic) bond motifs is 1. The van der Waals surface area contributed by atoms with Gasteiger partial charge in [0.1, 0.15) is 0 Å². The van der Waals surface area contributed by atoms with Crippen LogP contribution in [0.15, 0.2) is 36.4 Å². The number of carboxylic acid groups (broad SMARTS) is 1. The Kier molecular flexibility index (Phi) is 8.80. The average Bonchev–Trinajstić information content (AvgIpc) is 2.83. The van der Waals surface area contributed by atoms with Crippen LogP contribution in [0.25, 0.3) is 0 Å². The van der Waals surface area contributed by atoms with Gasteiger partial charge in [0.15, 0.2) is 0 Å². The molecule has 2 aromatic carbocycles. The molecule has 2 atom stereocenters. The van der Waals surface area contributed by atoms with Crippen molar-refractivity contribution in [3.8, 4) is 0 Å². The second-order valence-electron chi connectivity index (χ2n) is 9.71. The van der Waals surface area contributed by atoms with Gasteiger partial charge in [-0.2, -0.15) is 39.5 Å².